The summed E-state index contributed by atoms with van der Waals surface area (Å²) in [5.74, 6) is 1.83. The first-order valence-electron chi connectivity index (χ1n) is 8.93. The van der Waals surface area contributed by atoms with Crippen LogP contribution in [0.5, 0.6) is 11.5 Å². The molecule has 2 aromatic rings. The second-order valence-electron chi connectivity index (χ2n) is 7.04. The number of amidine groups is 1. The van der Waals surface area contributed by atoms with Crippen molar-refractivity contribution in [1.29, 1.82) is 10.5 Å². The fourth-order valence-corrected chi connectivity index (χ4v) is 5.93. The third kappa shape index (κ3) is 1.88. The van der Waals surface area contributed by atoms with Crippen molar-refractivity contribution < 1.29 is 9.47 Å². The number of para-hydroxylation sites is 1. The Morgan fingerprint density at radius 3 is 2.57 bits per heavy atom. The minimum absolute atomic E-state index is 0.185. The van der Waals surface area contributed by atoms with Gasteiger partial charge in [-0.2, -0.15) is 10.5 Å². The fourth-order valence-electron chi connectivity index (χ4n) is 4.60. The van der Waals surface area contributed by atoms with E-state index in [0.717, 1.165) is 5.56 Å². The van der Waals surface area contributed by atoms with Crippen LogP contribution < -0.4 is 10.5 Å². The van der Waals surface area contributed by atoms with E-state index in [1.807, 2.05) is 54.6 Å². The second-order valence-corrected chi connectivity index (χ2v) is 8.29. The zero-order valence-electron chi connectivity index (χ0n) is 14.8. The van der Waals surface area contributed by atoms with Gasteiger partial charge in [0.05, 0.1) is 18.7 Å². The maximum atomic E-state index is 10.2. The number of nitrogens with two attached hydrogens (primary N) is 1. The highest BCUT2D eigenvalue weighted by molar-refractivity contribution is 8.00. The van der Waals surface area contributed by atoms with Crippen molar-refractivity contribution in [1.82, 2.24) is 0 Å². The van der Waals surface area contributed by atoms with Crippen molar-refractivity contribution in [3.63, 3.8) is 0 Å². The molecule has 28 heavy (non-hydrogen) atoms. The van der Waals surface area contributed by atoms with Gasteiger partial charge in [0, 0.05) is 11.7 Å². The number of nitrogens with zero attached hydrogens (tertiary/aromatic N) is 3. The molecule has 2 aromatic carbocycles. The molecule has 5 rings (SSSR count). The van der Waals surface area contributed by atoms with E-state index in [4.69, 9.17) is 15.2 Å². The van der Waals surface area contributed by atoms with Crippen LogP contribution in [0, 0.1) is 33.5 Å². The van der Waals surface area contributed by atoms with Crippen molar-refractivity contribution in [2.75, 3.05) is 12.4 Å². The Balaban J connectivity index is 1.58. The van der Waals surface area contributed by atoms with Gasteiger partial charge in [-0.1, -0.05) is 42.1 Å². The summed E-state index contributed by atoms with van der Waals surface area (Å²) in [6.45, 7) is 0.482. The van der Waals surface area contributed by atoms with Crippen molar-refractivity contribution >= 4 is 17.6 Å². The number of aliphatic imine (C=N–C) groups is 1. The summed E-state index contributed by atoms with van der Waals surface area (Å²) in [6.07, 6.45) is 0. The molecule has 6 nitrogen and oxygen atoms in total. The van der Waals surface area contributed by atoms with Crippen molar-refractivity contribution in [2.24, 2.45) is 21.6 Å². The van der Waals surface area contributed by atoms with Crippen LogP contribution in [0.1, 0.15) is 11.5 Å². The Morgan fingerprint density at radius 1 is 1.11 bits per heavy atom. The van der Waals surface area contributed by atoms with Crippen LogP contribution in [-0.2, 0) is 4.74 Å². The molecule has 0 bridgehead atoms. The molecule has 2 N–H and O–H groups in total. The summed E-state index contributed by atoms with van der Waals surface area (Å²) in [6, 6.07) is 21.6. The monoisotopic (exact) mass is 388 g/mol. The zero-order valence-corrected chi connectivity index (χ0v) is 15.6. The number of hydrogen-bond donors (Lipinski definition) is 1. The summed E-state index contributed by atoms with van der Waals surface area (Å²) < 4.78 is 11.8. The van der Waals surface area contributed by atoms with E-state index in [0.29, 0.717) is 23.9 Å². The van der Waals surface area contributed by atoms with Gasteiger partial charge < -0.3 is 15.2 Å². The molecule has 4 atom stereocenters. The molecule has 138 valence electrons. The van der Waals surface area contributed by atoms with E-state index in [9.17, 15) is 10.5 Å². The number of fused-ring (bicyclic) bond motifs is 2. The standard InChI is InChI=1S/C21H16N4O2S/c22-12-19-17(20(19,13-23)21(25-18(19)24)26-9-10-28-21)14-5-4-8-16(11-14)27-15-6-2-1-3-7-15/h1-8,11,17H,9-10H2,(H2,24,25)/t17-,19+,20+,21+/m0/s1. The van der Waals surface area contributed by atoms with Gasteiger partial charge in [-0.15, -0.1) is 0 Å². The van der Waals surface area contributed by atoms with Gasteiger partial charge in [0.1, 0.15) is 22.7 Å². The summed E-state index contributed by atoms with van der Waals surface area (Å²) in [7, 11) is 0. The highest BCUT2D eigenvalue weighted by atomic mass is 32.2. The molecule has 3 aliphatic rings. The van der Waals surface area contributed by atoms with Crippen LogP contribution in [0.15, 0.2) is 59.6 Å². The molecule has 0 amide bonds. The topological polar surface area (TPSA) is 104 Å². The van der Waals surface area contributed by atoms with E-state index in [-0.39, 0.29) is 5.84 Å². The lowest BCUT2D eigenvalue weighted by molar-refractivity contribution is 0.0200. The molecule has 0 unspecified atom stereocenters. The molecule has 1 spiro atoms. The van der Waals surface area contributed by atoms with Gasteiger partial charge in [-0.3, -0.25) is 0 Å². The SMILES string of the molecule is N#C[C@@]12[C@@H](c3cccc(Oc4ccccc4)c3)[C@]1(C#N)C(N)=N[C@@]21OCCS1. The van der Waals surface area contributed by atoms with Crippen molar-refractivity contribution in [3.8, 4) is 23.6 Å². The molecule has 1 aliphatic carbocycles. The van der Waals surface area contributed by atoms with Crippen LogP contribution in [0.4, 0.5) is 0 Å². The first-order valence-corrected chi connectivity index (χ1v) is 9.91. The Morgan fingerprint density at radius 2 is 1.89 bits per heavy atom. The molecule has 2 fully saturated rings. The highest BCUT2D eigenvalue weighted by Crippen LogP contribution is 2.84. The molecule has 7 heteroatoms. The van der Waals surface area contributed by atoms with Crippen LogP contribution in [0.3, 0.4) is 0 Å². The van der Waals surface area contributed by atoms with Gasteiger partial charge in [0.25, 0.3) is 0 Å². The van der Waals surface area contributed by atoms with E-state index in [1.165, 1.54) is 11.8 Å². The summed E-state index contributed by atoms with van der Waals surface area (Å²) in [5.41, 5.74) is 4.74. The molecule has 1 saturated carbocycles. The summed E-state index contributed by atoms with van der Waals surface area (Å²) >= 11 is 1.45. The molecule has 0 aromatic heterocycles. The third-order valence-electron chi connectivity index (χ3n) is 5.78. The number of benzene rings is 2. The lowest BCUT2D eigenvalue weighted by atomic mass is 9.95. The van der Waals surface area contributed by atoms with Gasteiger partial charge in [0.2, 0.25) is 5.06 Å². The van der Waals surface area contributed by atoms with Crippen molar-refractivity contribution in [3.05, 3.63) is 60.2 Å². The van der Waals surface area contributed by atoms with Gasteiger partial charge in [0.15, 0.2) is 5.41 Å². The Bertz CT molecular complexity index is 1070. The minimum atomic E-state index is -1.18. The van der Waals surface area contributed by atoms with Crippen LogP contribution in [0.25, 0.3) is 0 Å². The number of rotatable bonds is 3. The normalized spacial score (nSPS) is 34.9. The van der Waals surface area contributed by atoms with E-state index in [1.54, 1.807) is 0 Å². The van der Waals surface area contributed by atoms with Crippen LogP contribution in [-0.4, -0.2) is 23.3 Å². The zero-order chi connectivity index (χ0) is 19.4. The van der Waals surface area contributed by atoms with E-state index < -0.39 is 21.8 Å². The largest absolute Gasteiger partial charge is 0.457 e. The number of hydrogen-bond acceptors (Lipinski definition) is 7. The predicted molar refractivity (Wildman–Crippen MR) is 105 cm³/mol. The highest BCUT2D eigenvalue weighted by Gasteiger charge is 2.93. The summed E-state index contributed by atoms with van der Waals surface area (Å²) in [5, 5.41) is 19.1. The molecule has 1 saturated heterocycles. The molecular formula is C21H16N4O2S. The average molecular weight is 388 g/mol. The maximum Gasteiger partial charge on any atom is 0.230 e. The number of thioether (sulfide) groups is 1. The molecule has 0 radical (unpaired) electrons. The smallest absolute Gasteiger partial charge is 0.230 e. The lowest BCUT2D eigenvalue weighted by Gasteiger charge is -2.26. The first kappa shape index (κ1) is 17.1. The van der Waals surface area contributed by atoms with E-state index in [2.05, 4.69) is 17.1 Å². The summed E-state index contributed by atoms with van der Waals surface area (Å²) in [4.78, 5) is 4.46. The van der Waals surface area contributed by atoms with E-state index >= 15 is 0 Å². The predicted octanol–water partition coefficient (Wildman–Crippen LogP) is 3.38. The Hall–Kier alpha value is -3.00. The van der Waals surface area contributed by atoms with Gasteiger partial charge >= 0.3 is 0 Å². The van der Waals surface area contributed by atoms with Crippen molar-refractivity contribution in [2.45, 2.75) is 11.0 Å². The maximum absolute atomic E-state index is 10.2. The molecular weight excluding hydrogens is 372 g/mol. The van der Waals surface area contributed by atoms with Crippen LogP contribution >= 0.6 is 11.8 Å². The fraction of sp³-hybridized carbons (Fsp3) is 0.286. The number of ether oxygens (including phenoxy) is 2. The second kappa shape index (κ2) is 5.75. The van der Waals surface area contributed by atoms with Crippen LogP contribution in [0.2, 0.25) is 0 Å². The minimum Gasteiger partial charge on any atom is -0.457 e. The average Bonchev–Trinajstić information content (AvgIpc) is 2.98. The molecule has 2 aliphatic heterocycles. The molecule has 2 heterocycles. The Kier molecular flexibility index (Phi) is 3.51. The lowest BCUT2D eigenvalue weighted by Crippen LogP contribution is -2.34. The third-order valence-corrected chi connectivity index (χ3v) is 7.07. The number of nitriles is 2. The van der Waals surface area contributed by atoms with Gasteiger partial charge in [-0.25, -0.2) is 4.99 Å². The quantitative estimate of drug-likeness (QED) is 0.864. The van der Waals surface area contributed by atoms with Gasteiger partial charge in [-0.05, 0) is 29.8 Å². The first-order chi connectivity index (χ1) is 13.6. The Labute approximate surface area is 166 Å².